The summed E-state index contributed by atoms with van der Waals surface area (Å²) in [6.07, 6.45) is 1.70. The Labute approximate surface area is 117 Å². The fourth-order valence-electron chi connectivity index (χ4n) is 2.52. The van der Waals surface area contributed by atoms with Crippen LogP contribution >= 0.6 is 11.6 Å². The minimum atomic E-state index is -0.274. The van der Waals surface area contributed by atoms with Gasteiger partial charge in [0, 0.05) is 17.6 Å². The number of nitriles is 1. The molecule has 19 heavy (non-hydrogen) atoms. The Morgan fingerprint density at radius 1 is 1.53 bits per heavy atom. The van der Waals surface area contributed by atoms with Gasteiger partial charge in [0.25, 0.3) is 0 Å². The Morgan fingerprint density at radius 3 is 2.89 bits per heavy atom. The van der Waals surface area contributed by atoms with E-state index in [2.05, 4.69) is 17.9 Å². The quantitative estimate of drug-likeness (QED) is 0.902. The maximum atomic E-state index is 11.4. The van der Waals surface area contributed by atoms with Crippen LogP contribution in [0, 0.1) is 17.2 Å². The summed E-state index contributed by atoms with van der Waals surface area (Å²) in [7, 11) is 0. The highest BCUT2D eigenvalue weighted by Gasteiger charge is 2.29. The molecule has 0 saturated carbocycles. The molecule has 100 valence electrons. The third-order valence-corrected chi connectivity index (χ3v) is 3.91. The molecule has 2 N–H and O–H groups in total. The monoisotopic (exact) mass is 277 g/mol. The van der Waals surface area contributed by atoms with Gasteiger partial charge in [-0.3, -0.25) is 4.79 Å². The van der Waals surface area contributed by atoms with Gasteiger partial charge in [-0.25, -0.2) is 0 Å². The Hall–Kier alpha value is -1.73. The maximum Gasteiger partial charge on any atom is 0.222 e. The molecule has 0 aromatic heterocycles. The largest absolute Gasteiger partial charge is 0.369 e. The van der Waals surface area contributed by atoms with Crippen molar-refractivity contribution in [3.63, 3.8) is 0 Å². The van der Waals surface area contributed by atoms with Crippen molar-refractivity contribution in [1.29, 1.82) is 5.26 Å². The Kier molecular flexibility index (Phi) is 3.96. The van der Waals surface area contributed by atoms with Gasteiger partial charge in [0.15, 0.2) is 0 Å². The molecule has 0 radical (unpaired) electrons. The number of hydrogen-bond acceptors (Lipinski definition) is 3. The normalized spacial score (nSPS) is 22.9. The highest BCUT2D eigenvalue weighted by Crippen LogP contribution is 2.31. The average molecular weight is 278 g/mol. The van der Waals surface area contributed by atoms with Crippen molar-refractivity contribution in [2.45, 2.75) is 25.8 Å². The van der Waals surface area contributed by atoms with E-state index in [9.17, 15) is 10.1 Å². The van der Waals surface area contributed by atoms with E-state index in [0.717, 1.165) is 18.5 Å². The van der Waals surface area contributed by atoms with Crippen LogP contribution < -0.4 is 10.6 Å². The van der Waals surface area contributed by atoms with Crippen LogP contribution in [0.3, 0.4) is 0 Å². The number of nitrogens with two attached hydrogens (primary N) is 1. The Bertz CT molecular complexity index is 538. The van der Waals surface area contributed by atoms with E-state index < -0.39 is 0 Å². The molecule has 1 amide bonds. The summed E-state index contributed by atoms with van der Waals surface area (Å²) < 4.78 is 0. The maximum absolute atomic E-state index is 11.4. The number of nitrogens with zero attached hydrogens (tertiary/aromatic N) is 2. The molecule has 2 rings (SSSR count). The molecule has 0 spiro atoms. The molecular weight excluding hydrogens is 262 g/mol. The first kappa shape index (κ1) is 13.7. The molecule has 2 unspecified atom stereocenters. The molecular formula is C14H16ClN3O. The van der Waals surface area contributed by atoms with Gasteiger partial charge in [0.05, 0.1) is 17.2 Å². The number of hydrogen-bond donors (Lipinski definition) is 1. The number of primary amides is 1. The summed E-state index contributed by atoms with van der Waals surface area (Å²) in [4.78, 5) is 13.4. The lowest BCUT2D eigenvalue weighted by Crippen LogP contribution is -2.46. The molecule has 1 aromatic rings. The van der Waals surface area contributed by atoms with Gasteiger partial charge in [-0.1, -0.05) is 11.6 Å². The molecule has 1 saturated heterocycles. The molecule has 5 heteroatoms. The second-order valence-electron chi connectivity index (χ2n) is 4.95. The van der Waals surface area contributed by atoms with Crippen LogP contribution in [0.15, 0.2) is 18.2 Å². The van der Waals surface area contributed by atoms with Crippen LogP contribution in [-0.2, 0) is 4.79 Å². The van der Waals surface area contributed by atoms with Crippen LogP contribution in [-0.4, -0.2) is 18.5 Å². The van der Waals surface area contributed by atoms with Gasteiger partial charge in [0.1, 0.15) is 6.07 Å². The molecule has 0 bridgehead atoms. The predicted molar refractivity (Wildman–Crippen MR) is 74.9 cm³/mol. The highest BCUT2D eigenvalue weighted by molar-refractivity contribution is 6.30. The van der Waals surface area contributed by atoms with Crippen molar-refractivity contribution in [3.05, 3.63) is 28.8 Å². The molecule has 1 aromatic carbocycles. The Morgan fingerprint density at radius 2 is 2.26 bits per heavy atom. The van der Waals surface area contributed by atoms with Crippen molar-refractivity contribution < 1.29 is 4.79 Å². The van der Waals surface area contributed by atoms with Gasteiger partial charge >= 0.3 is 0 Å². The third-order valence-electron chi connectivity index (χ3n) is 3.67. The second-order valence-corrected chi connectivity index (χ2v) is 5.39. The van der Waals surface area contributed by atoms with Gasteiger partial charge < -0.3 is 10.6 Å². The lowest BCUT2D eigenvalue weighted by Gasteiger charge is -2.39. The third kappa shape index (κ3) is 2.82. The topological polar surface area (TPSA) is 70.1 Å². The first-order chi connectivity index (χ1) is 9.02. The zero-order valence-electron chi connectivity index (χ0n) is 10.8. The van der Waals surface area contributed by atoms with E-state index in [1.807, 2.05) is 6.07 Å². The number of benzene rings is 1. The SMILES string of the molecule is CC1CCC(C(N)=O)CN1c1ccc(Cl)cc1C#N. The predicted octanol–water partition coefficient (Wildman–Crippen LogP) is 2.30. The number of carbonyl (C=O) groups excluding carboxylic acids is 1. The van der Waals surface area contributed by atoms with Crippen LogP contribution in [0.1, 0.15) is 25.3 Å². The van der Waals surface area contributed by atoms with E-state index in [0.29, 0.717) is 17.1 Å². The number of anilines is 1. The van der Waals surface area contributed by atoms with Crippen LogP contribution in [0.2, 0.25) is 5.02 Å². The first-order valence-corrected chi connectivity index (χ1v) is 6.66. The summed E-state index contributed by atoms with van der Waals surface area (Å²) in [5.74, 6) is -0.428. The van der Waals surface area contributed by atoms with Crippen molar-refractivity contribution in [2.24, 2.45) is 11.7 Å². The van der Waals surface area contributed by atoms with Crippen molar-refractivity contribution in [2.75, 3.05) is 11.4 Å². The molecule has 0 aliphatic carbocycles. The van der Waals surface area contributed by atoms with Crippen molar-refractivity contribution in [3.8, 4) is 6.07 Å². The molecule has 1 heterocycles. The summed E-state index contributed by atoms with van der Waals surface area (Å²) >= 11 is 5.91. The zero-order chi connectivity index (χ0) is 14.0. The summed E-state index contributed by atoms with van der Waals surface area (Å²) in [5, 5.41) is 9.75. The molecule has 4 nitrogen and oxygen atoms in total. The molecule has 1 fully saturated rings. The number of rotatable bonds is 2. The van der Waals surface area contributed by atoms with Crippen molar-refractivity contribution in [1.82, 2.24) is 0 Å². The molecule has 2 atom stereocenters. The fourth-order valence-corrected chi connectivity index (χ4v) is 2.70. The number of carbonyl (C=O) groups is 1. The Balaban J connectivity index is 2.34. The lowest BCUT2D eigenvalue weighted by atomic mass is 9.92. The van der Waals surface area contributed by atoms with Crippen LogP contribution in [0.4, 0.5) is 5.69 Å². The first-order valence-electron chi connectivity index (χ1n) is 6.28. The van der Waals surface area contributed by atoms with Gasteiger partial charge in [-0.05, 0) is 38.0 Å². The summed E-state index contributed by atoms with van der Waals surface area (Å²) in [6, 6.07) is 7.68. The number of amides is 1. The lowest BCUT2D eigenvalue weighted by molar-refractivity contribution is -0.122. The number of piperidine rings is 1. The fraction of sp³-hybridized carbons (Fsp3) is 0.429. The second kappa shape index (κ2) is 5.50. The van der Waals surface area contributed by atoms with E-state index in [4.69, 9.17) is 17.3 Å². The highest BCUT2D eigenvalue weighted by atomic mass is 35.5. The standard InChI is InChI=1S/C14H16ClN3O/c1-9-2-3-10(14(17)19)8-18(9)13-5-4-12(15)6-11(13)7-16/h4-6,9-10H,2-3,8H2,1H3,(H2,17,19). The van der Waals surface area contributed by atoms with E-state index in [1.165, 1.54) is 0 Å². The van der Waals surface area contributed by atoms with Gasteiger partial charge in [0.2, 0.25) is 5.91 Å². The molecule has 1 aliphatic heterocycles. The van der Waals surface area contributed by atoms with E-state index >= 15 is 0 Å². The summed E-state index contributed by atoms with van der Waals surface area (Å²) in [6.45, 7) is 2.65. The minimum Gasteiger partial charge on any atom is -0.369 e. The number of halogens is 1. The van der Waals surface area contributed by atoms with Crippen LogP contribution in [0.5, 0.6) is 0 Å². The summed E-state index contributed by atoms with van der Waals surface area (Å²) in [5.41, 5.74) is 6.75. The smallest absolute Gasteiger partial charge is 0.222 e. The van der Waals surface area contributed by atoms with E-state index in [1.54, 1.807) is 12.1 Å². The minimum absolute atomic E-state index is 0.154. The van der Waals surface area contributed by atoms with Crippen LogP contribution in [0.25, 0.3) is 0 Å². The average Bonchev–Trinajstić information content (AvgIpc) is 2.39. The van der Waals surface area contributed by atoms with Gasteiger partial charge in [-0.15, -0.1) is 0 Å². The zero-order valence-corrected chi connectivity index (χ0v) is 11.5. The van der Waals surface area contributed by atoms with E-state index in [-0.39, 0.29) is 17.9 Å². The van der Waals surface area contributed by atoms with Crippen molar-refractivity contribution >= 4 is 23.2 Å². The van der Waals surface area contributed by atoms with Gasteiger partial charge in [-0.2, -0.15) is 5.26 Å². The molecule has 1 aliphatic rings.